The fourth-order valence-electron chi connectivity index (χ4n) is 1.43. The molecule has 0 unspecified atom stereocenters. The van der Waals surface area contributed by atoms with Gasteiger partial charge in [0, 0.05) is 5.41 Å². The van der Waals surface area contributed by atoms with Crippen LogP contribution in [-0.4, -0.2) is 65.3 Å². The van der Waals surface area contributed by atoms with Crippen LogP contribution in [0.25, 0.3) is 0 Å². The van der Waals surface area contributed by atoms with Crippen molar-refractivity contribution in [3.05, 3.63) is 12.0 Å². The third-order valence-electron chi connectivity index (χ3n) is 2.40. The number of hydrogen-bond donors (Lipinski definition) is 4. The van der Waals surface area contributed by atoms with Crippen LogP contribution in [0.1, 0.15) is 0 Å². The molecule has 1 heterocycles. The first-order valence-electron chi connectivity index (χ1n) is 4.52. The van der Waals surface area contributed by atoms with Gasteiger partial charge in [0.25, 0.3) is 0 Å². The molecule has 0 saturated carbocycles. The molecule has 0 radical (unpaired) electrons. The van der Waals surface area contributed by atoms with Gasteiger partial charge in [0.1, 0.15) is 24.4 Å². The van der Waals surface area contributed by atoms with E-state index in [-0.39, 0.29) is 0 Å². The summed E-state index contributed by atoms with van der Waals surface area (Å²) in [6, 6.07) is 0. The molecule has 5 atom stereocenters. The van der Waals surface area contributed by atoms with E-state index in [0.717, 1.165) is 0 Å². The van der Waals surface area contributed by atoms with Crippen LogP contribution in [0, 0.1) is 0 Å². The second kappa shape index (κ2) is 4.78. The zero-order valence-corrected chi connectivity index (χ0v) is 9.12. The molecular formula is C8H14O7S. The molecule has 94 valence electrons. The van der Waals surface area contributed by atoms with Crippen LogP contribution >= 0.6 is 0 Å². The Balaban J connectivity index is 3.00. The second-order valence-corrected chi connectivity index (χ2v) is 5.43. The molecule has 0 aromatic carbocycles. The van der Waals surface area contributed by atoms with Crippen LogP contribution in [0.15, 0.2) is 12.0 Å². The maximum absolute atomic E-state index is 11.4. The van der Waals surface area contributed by atoms with Gasteiger partial charge in [-0.2, -0.15) is 0 Å². The van der Waals surface area contributed by atoms with E-state index in [0.29, 0.717) is 5.41 Å². The van der Waals surface area contributed by atoms with Gasteiger partial charge in [0.05, 0.1) is 6.61 Å². The van der Waals surface area contributed by atoms with Crippen molar-refractivity contribution in [2.45, 2.75) is 29.9 Å². The summed E-state index contributed by atoms with van der Waals surface area (Å²) in [5, 5.41) is 37.6. The zero-order chi connectivity index (χ0) is 12.5. The van der Waals surface area contributed by atoms with E-state index in [9.17, 15) is 23.7 Å². The molecule has 0 aromatic rings. The number of sulfone groups is 1. The van der Waals surface area contributed by atoms with Gasteiger partial charge in [0.2, 0.25) is 9.84 Å². The first kappa shape index (κ1) is 13.6. The summed E-state index contributed by atoms with van der Waals surface area (Å²) in [5.41, 5.74) is -1.74. The number of hydrogen-bond acceptors (Lipinski definition) is 7. The number of rotatable bonds is 3. The largest absolute Gasteiger partial charge is 0.394 e. The van der Waals surface area contributed by atoms with Crippen molar-refractivity contribution in [1.29, 1.82) is 0 Å². The normalized spacial score (nSPS) is 40.6. The van der Waals surface area contributed by atoms with Crippen molar-refractivity contribution in [3.8, 4) is 0 Å². The summed E-state index contributed by atoms with van der Waals surface area (Å²) in [6.07, 6.45) is -6.30. The van der Waals surface area contributed by atoms with Crippen LogP contribution < -0.4 is 0 Å². The summed E-state index contributed by atoms with van der Waals surface area (Å²) in [5.74, 6) is 0. The molecule has 1 saturated heterocycles. The molecule has 1 aliphatic rings. The van der Waals surface area contributed by atoms with Gasteiger partial charge >= 0.3 is 0 Å². The van der Waals surface area contributed by atoms with Crippen molar-refractivity contribution < 1.29 is 33.6 Å². The summed E-state index contributed by atoms with van der Waals surface area (Å²) in [4.78, 5) is 0. The lowest BCUT2D eigenvalue weighted by Crippen LogP contribution is -2.60. The molecule has 0 amide bonds. The van der Waals surface area contributed by atoms with Crippen LogP contribution in [0.5, 0.6) is 0 Å². The first-order chi connectivity index (χ1) is 7.35. The molecule has 4 N–H and O–H groups in total. The Morgan fingerprint density at radius 1 is 1.19 bits per heavy atom. The van der Waals surface area contributed by atoms with Crippen molar-refractivity contribution >= 4 is 9.84 Å². The predicted octanol–water partition coefficient (Wildman–Crippen LogP) is -2.66. The topological polar surface area (TPSA) is 124 Å². The fourth-order valence-corrected chi connectivity index (χ4v) is 2.47. The first-order valence-corrected chi connectivity index (χ1v) is 6.13. The van der Waals surface area contributed by atoms with Crippen molar-refractivity contribution in [2.75, 3.05) is 6.61 Å². The molecular weight excluding hydrogens is 240 g/mol. The van der Waals surface area contributed by atoms with E-state index in [4.69, 9.17) is 9.84 Å². The van der Waals surface area contributed by atoms with E-state index in [1.807, 2.05) is 0 Å². The van der Waals surface area contributed by atoms with E-state index in [2.05, 4.69) is 6.58 Å². The molecule has 1 aliphatic heterocycles. The van der Waals surface area contributed by atoms with E-state index in [1.165, 1.54) is 0 Å². The summed E-state index contributed by atoms with van der Waals surface area (Å²) >= 11 is 0. The van der Waals surface area contributed by atoms with Crippen molar-refractivity contribution in [1.82, 2.24) is 0 Å². The average molecular weight is 254 g/mol. The summed E-state index contributed by atoms with van der Waals surface area (Å²) < 4.78 is 27.6. The second-order valence-electron chi connectivity index (χ2n) is 3.45. The molecule has 8 heteroatoms. The van der Waals surface area contributed by atoms with Gasteiger partial charge in [-0.05, 0) is 0 Å². The Bertz CT molecular complexity index is 349. The molecule has 7 nitrogen and oxygen atoms in total. The Morgan fingerprint density at radius 2 is 1.75 bits per heavy atom. The van der Waals surface area contributed by atoms with Crippen molar-refractivity contribution in [3.63, 3.8) is 0 Å². The van der Waals surface area contributed by atoms with Crippen LogP contribution in [0.4, 0.5) is 0 Å². The molecule has 0 aliphatic carbocycles. The van der Waals surface area contributed by atoms with Gasteiger partial charge in [-0.3, -0.25) is 0 Å². The van der Waals surface area contributed by atoms with Gasteiger partial charge in [0.15, 0.2) is 5.44 Å². The highest BCUT2D eigenvalue weighted by Crippen LogP contribution is 2.25. The lowest BCUT2D eigenvalue weighted by molar-refractivity contribution is -0.207. The van der Waals surface area contributed by atoms with Crippen LogP contribution in [0.2, 0.25) is 0 Å². The third kappa shape index (κ3) is 2.26. The SMILES string of the molecule is C=CS(=O)(=O)[C@@H]1O[C@H](CO)[C@@H](O)[C@H](O)[C@H]1O. The van der Waals surface area contributed by atoms with Gasteiger partial charge in [-0.25, -0.2) is 8.42 Å². The van der Waals surface area contributed by atoms with E-state index in [1.54, 1.807) is 0 Å². The van der Waals surface area contributed by atoms with Crippen LogP contribution in [-0.2, 0) is 14.6 Å². The number of aliphatic hydroxyl groups is 4. The predicted molar refractivity (Wildman–Crippen MR) is 52.9 cm³/mol. The minimum Gasteiger partial charge on any atom is -0.394 e. The summed E-state index contributed by atoms with van der Waals surface area (Å²) in [6.45, 7) is 2.38. The quantitative estimate of drug-likeness (QED) is 0.433. The minimum absolute atomic E-state index is 0.583. The molecule has 16 heavy (non-hydrogen) atoms. The highest BCUT2D eigenvalue weighted by atomic mass is 32.2. The minimum atomic E-state index is -3.96. The van der Waals surface area contributed by atoms with Gasteiger partial charge in [-0.1, -0.05) is 6.58 Å². The highest BCUT2D eigenvalue weighted by Gasteiger charge is 2.47. The monoisotopic (exact) mass is 254 g/mol. The molecule has 0 aromatic heterocycles. The Hall–Kier alpha value is -0.510. The third-order valence-corrected chi connectivity index (χ3v) is 3.91. The van der Waals surface area contributed by atoms with Gasteiger partial charge < -0.3 is 25.2 Å². The lowest BCUT2D eigenvalue weighted by atomic mass is 10.0. The Morgan fingerprint density at radius 3 is 2.19 bits per heavy atom. The average Bonchev–Trinajstić information content (AvgIpc) is 2.26. The van der Waals surface area contributed by atoms with Crippen LogP contribution in [0.3, 0.4) is 0 Å². The molecule has 0 bridgehead atoms. The Kier molecular flexibility index (Phi) is 4.05. The summed E-state index contributed by atoms with van der Waals surface area (Å²) in [7, 11) is -3.96. The van der Waals surface area contributed by atoms with Gasteiger partial charge in [-0.15, -0.1) is 0 Å². The zero-order valence-electron chi connectivity index (χ0n) is 8.30. The van der Waals surface area contributed by atoms with Crippen molar-refractivity contribution in [2.24, 2.45) is 0 Å². The van der Waals surface area contributed by atoms with E-state index >= 15 is 0 Å². The maximum Gasteiger partial charge on any atom is 0.200 e. The molecule has 1 fully saturated rings. The number of aliphatic hydroxyl groups excluding tert-OH is 4. The fraction of sp³-hybridized carbons (Fsp3) is 0.750. The van der Waals surface area contributed by atoms with E-state index < -0.39 is 46.3 Å². The molecule has 1 rings (SSSR count). The number of ether oxygens (including phenoxy) is 1. The lowest BCUT2D eigenvalue weighted by Gasteiger charge is -2.38. The maximum atomic E-state index is 11.4. The highest BCUT2D eigenvalue weighted by molar-refractivity contribution is 7.94. The standard InChI is InChI=1S/C8H14O7S/c1-2-16(13,14)8-7(12)6(11)5(10)4(3-9)15-8/h2,4-12H,1,3H2/t4-,5-,6+,7-,8+/m1/s1. The Labute approximate surface area is 92.5 Å². The smallest absolute Gasteiger partial charge is 0.200 e. The molecule has 0 spiro atoms.